The number of para-hydroxylation sites is 1. The summed E-state index contributed by atoms with van der Waals surface area (Å²) >= 11 is 1.39. The Hall–Kier alpha value is -5.86. The zero-order chi connectivity index (χ0) is 33.5. The highest BCUT2D eigenvalue weighted by Crippen LogP contribution is 2.37. The highest BCUT2D eigenvalue weighted by Gasteiger charge is 2.23. The van der Waals surface area contributed by atoms with Crippen LogP contribution in [0.2, 0.25) is 0 Å². The Bertz CT molecular complexity index is 2120. The number of aromatic amines is 1. The van der Waals surface area contributed by atoms with Gasteiger partial charge in [0.25, 0.3) is 11.8 Å². The minimum absolute atomic E-state index is 0.0849. The smallest absolute Gasteiger partial charge is 0.272 e. The fraction of sp³-hybridized carbons (Fsp3) is 0.0750. The van der Waals surface area contributed by atoms with Crippen LogP contribution in [0.3, 0.4) is 0 Å². The first kappa shape index (κ1) is 32.1. The summed E-state index contributed by atoms with van der Waals surface area (Å²) < 4.78 is 0. The molecular weight excluding hydrogens is 617 g/mol. The van der Waals surface area contributed by atoms with E-state index in [0.29, 0.717) is 11.3 Å². The van der Waals surface area contributed by atoms with E-state index in [-0.39, 0.29) is 11.6 Å². The Kier molecular flexibility index (Phi) is 9.83. The summed E-state index contributed by atoms with van der Waals surface area (Å²) in [5.41, 5.74) is 6.37. The molecule has 3 amide bonds. The average Bonchev–Trinajstić information content (AvgIpc) is 3.52. The van der Waals surface area contributed by atoms with Crippen LogP contribution in [0, 0.1) is 13.8 Å². The van der Waals surface area contributed by atoms with E-state index >= 15 is 0 Å². The highest BCUT2D eigenvalue weighted by molar-refractivity contribution is 8.00. The molecule has 0 aliphatic rings. The monoisotopic (exact) mass is 650 g/mol. The number of carbonyl (C=O) groups excluding carboxylic acids is 3. The maximum absolute atomic E-state index is 13.8. The minimum Gasteiger partial charge on any atom is -0.361 e. The number of anilines is 2. The molecule has 1 unspecified atom stereocenters. The molecule has 0 aliphatic heterocycles. The van der Waals surface area contributed by atoms with Crippen molar-refractivity contribution >= 4 is 57.8 Å². The number of thioether (sulfide) groups is 1. The fourth-order valence-electron chi connectivity index (χ4n) is 5.26. The van der Waals surface area contributed by atoms with Gasteiger partial charge >= 0.3 is 0 Å². The number of aromatic nitrogens is 1. The summed E-state index contributed by atoms with van der Waals surface area (Å²) in [4.78, 5) is 44.7. The zero-order valence-electron chi connectivity index (χ0n) is 26.5. The van der Waals surface area contributed by atoms with Crippen LogP contribution in [-0.4, -0.2) is 22.7 Å². The number of H-pyrrole nitrogens is 1. The topological polar surface area (TPSA) is 103 Å². The Balaban J connectivity index is 1.26. The summed E-state index contributed by atoms with van der Waals surface area (Å²) in [6.07, 6.45) is 3.47. The lowest BCUT2D eigenvalue weighted by atomic mass is 10.1. The SMILES string of the molecule is Cc1ccc(C)c(NC(=O)C(Sc2cccc(NC(=O)/C(=C/c3c[nH]c4ccccc34)NC(=O)c3ccccc3)c2)c2ccccc2)c1. The maximum Gasteiger partial charge on any atom is 0.272 e. The summed E-state index contributed by atoms with van der Waals surface area (Å²) in [5, 5.41) is 9.24. The average molecular weight is 651 g/mol. The lowest BCUT2D eigenvalue weighted by Gasteiger charge is -2.19. The van der Waals surface area contributed by atoms with Crippen molar-refractivity contribution in [1.29, 1.82) is 0 Å². The van der Waals surface area contributed by atoms with Gasteiger partial charge in [0.15, 0.2) is 0 Å². The first-order valence-corrected chi connectivity index (χ1v) is 16.4. The Labute approximate surface area is 283 Å². The standard InChI is InChI=1S/C40H34N4O3S/c1-26-20-21-27(2)35(22-26)43-40(47)37(28-12-5-3-6-13-28)48-32-17-11-16-31(24-32)42-39(46)36(44-38(45)29-14-7-4-8-15-29)23-30-25-41-34-19-10-9-18-33(30)34/h3-25,37,41H,1-2H3,(H,42,46)(H,43,47)(H,44,45)/b36-23-. The van der Waals surface area contributed by atoms with Gasteiger partial charge in [-0.2, -0.15) is 0 Å². The van der Waals surface area contributed by atoms with Crippen molar-refractivity contribution in [2.24, 2.45) is 0 Å². The van der Waals surface area contributed by atoms with Crippen molar-refractivity contribution in [3.63, 3.8) is 0 Å². The predicted octanol–water partition coefficient (Wildman–Crippen LogP) is 8.67. The van der Waals surface area contributed by atoms with Crippen molar-refractivity contribution in [2.45, 2.75) is 24.0 Å². The number of rotatable bonds is 10. The van der Waals surface area contributed by atoms with Crippen LogP contribution in [0.1, 0.15) is 37.9 Å². The second-order valence-corrected chi connectivity index (χ2v) is 12.5. The van der Waals surface area contributed by atoms with E-state index in [4.69, 9.17) is 0 Å². The van der Waals surface area contributed by atoms with E-state index in [1.165, 1.54) is 11.8 Å². The summed E-state index contributed by atoms with van der Waals surface area (Å²) in [7, 11) is 0. The molecule has 7 nitrogen and oxygen atoms in total. The van der Waals surface area contributed by atoms with E-state index in [0.717, 1.165) is 43.7 Å². The number of amides is 3. The maximum atomic E-state index is 13.8. The number of hydrogen-bond donors (Lipinski definition) is 4. The number of hydrogen-bond acceptors (Lipinski definition) is 4. The van der Waals surface area contributed by atoms with E-state index in [2.05, 4.69) is 20.9 Å². The lowest BCUT2D eigenvalue weighted by molar-refractivity contribution is -0.116. The van der Waals surface area contributed by atoms with Crippen LogP contribution in [-0.2, 0) is 9.59 Å². The van der Waals surface area contributed by atoms with Crippen LogP contribution in [0.5, 0.6) is 0 Å². The predicted molar refractivity (Wildman–Crippen MR) is 195 cm³/mol. The Morgan fingerprint density at radius 3 is 2.27 bits per heavy atom. The molecule has 1 heterocycles. The molecule has 1 aromatic heterocycles. The largest absolute Gasteiger partial charge is 0.361 e. The van der Waals surface area contributed by atoms with E-state index in [1.807, 2.05) is 111 Å². The number of nitrogens with one attached hydrogen (secondary N) is 4. The summed E-state index contributed by atoms with van der Waals surface area (Å²) in [6.45, 7) is 3.96. The molecule has 0 bridgehead atoms. The number of carbonyl (C=O) groups is 3. The Morgan fingerprint density at radius 2 is 1.48 bits per heavy atom. The Morgan fingerprint density at radius 1 is 0.750 bits per heavy atom. The van der Waals surface area contributed by atoms with Crippen LogP contribution < -0.4 is 16.0 Å². The van der Waals surface area contributed by atoms with Crippen molar-refractivity contribution in [3.8, 4) is 0 Å². The van der Waals surface area contributed by atoms with Gasteiger partial charge in [-0.05, 0) is 79.1 Å². The van der Waals surface area contributed by atoms with Gasteiger partial charge in [0.1, 0.15) is 10.9 Å². The van der Waals surface area contributed by atoms with Crippen molar-refractivity contribution in [3.05, 3.63) is 167 Å². The fourth-order valence-corrected chi connectivity index (χ4v) is 6.35. The highest BCUT2D eigenvalue weighted by atomic mass is 32.2. The molecule has 1 atom stereocenters. The molecule has 6 rings (SSSR count). The third-order valence-electron chi connectivity index (χ3n) is 7.79. The minimum atomic E-state index is -0.556. The van der Waals surface area contributed by atoms with Gasteiger partial charge in [0, 0.05) is 44.5 Å². The molecular formula is C40H34N4O3S. The molecule has 0 radical (unpaired) electrons. The van der Waals surface area contributed by atoms with Gasteiger partial charge in [-0.1, -0.05) is 84.9 Å². The number of aryl methyl sites for hydroxylation is 2. The molecule has 5 aromatic carbocycles. The van der Waals surface area contributed by atoms with Crippen LogP contribution in [0.15, 0.2) is 144 Å². The number of benzene rings is 5. The molecule has 0 spiro atoms. The third-order valence-corrected chi connectivity index (χ3v) is 9.04. The van der Waals surface area contributed by atoms with Crippen molar-refractivity contribution < 1.29 is 14.4 Å². The molecule has 48 heavy (non-hydrogen) atoms. The molecule has 8 heteroatoms. The molecule has 0 saturated heterocycles. The van der Waals surface area contributed by atoms with Gasteiger partial charge in [-0.25, -0.2) is 0 Å². The van der Waals surface area contributed by atoms with Gasteiger partial charge < -0.3 is 20.9 Å². The zero-order valence-corrected chi connectivity index (χ0v) is 27.3. The molecule has 238 valence electrons. The normalized spacial score (nSPS) is 11.9. The molecule has 0 saturated carbocycles. The number of fused-ring (bicyclic) bond motifs is 1. The molecule has 0 aliphatic carbocycles. The molecule has 0 fully saturated rings. The van der Waals surface area contributed by atoms with Crippen molar-refractivity contribution in [1.82, 2.24) is 10.3 Å². The quantitative estimate of drug-likeness (QED) is 0.0880. The first-order chi connectivity index (χ1) is 23.3. The van der Waals surface area contributed by atoms with Gasteiger partial charge in [-0.3, -0.25) is 14.4 Å². The van der Waals surface area contributed by atoms with Gasteiger partial charge in [-0.15, -0.1) is 11.8 Å². The lowest BCUT2D eigenvalue weighted by Crippen LogP contribution is -2.30. The second kappa shape index (κ2) is 14.7. The van der Waals surface area contributed by atoms with E-state index in [1.54, 1.807) is 42.6 Å². The molecule has 6 aromatic rings. The van der Waals surface area contributed by atoms with E-state index < -0.39 is 17.1 Å². The second-order valence-electron chi connectivity index (χ2n) is 11.4. The van der Waals surface area contributed by atoms with Crippen LogP contribution in [0.25, 0.3) is 17.0 Å². The first-order valence-electron chi connectivity index (χ1n) is 15.5. The van der Waals surface area contributed by atoms with Crippen LogP contribution in [0.4, 0.5) is 11.4 Å². The third kappa shape index (κ3) is 7.74. The van der Waals surface area contributed by atoms with Gasteiger partial charge in [0.05, 0.1) is 0 Å². The van der Waals surface area contributed by atoms with Crippen LogP contribution >= 0.6 is 11.8 Å². The van der Waals surface area contributed by atoms with Gasteiger partial charge in [0.2, 0.25) is 5.91 Å². The molecule has 4 N–H and O–H groups in total. The summed E-state index contributed by atoms with van der Waals surface area (Å²) in [5.74, 6) is -1.04. The van der Waals surface area contributed by atoms with Crippen molar-refractivity contribution in [2.75, 3.05) is 10.6 Å². The van der Waals surface area contributed by atoms with E-state index in [9.17, 15) is 14.4 Å². The summed E-state index contributed by atoms with van der Waals surface area (Å²) in [6, 6.07) is 39.4.